The van der Waals surface area contributed by atoms with Gasteiger partial charge in [0.1, 0.15) is 17.2 Å². The number of rotatable bonds is 5. The molecule has 2 heterocycles. The third-order valence-electron chi connectivity index (χ3n) is 5.60. The molecule has 2 aromatic carbocycles. The molecule has 9 nitrogen and oxygen atoms in total. The van der Waals surface area contributed by atoms with Gasteiger partial charge in [0, 0.05) is 12.3 Å². The summed E-state index contributed by atoms with van der Waals surface area (Å²) in [6.45, 7) is 0. The zero-order valence-electron chi connectivity index (χ0n) is 19.1. The molecule has 0 amide bonds. The molecule has 1 unspecified atom stereocenters. The molecule has 4 rings (SSSR count). The van der Waals surface area contributed by atoms with Gasteiger partial charge >= 0.3 is 11.9 Å². The fraction of sp³-hybridized carbons (Fsp3) is 0.120. The number of nitriles is 1. The predicted octanol–water partition coefficient (Wildman–Crippen LogP) is 3.56. The van der Waals surface area contributed by atoms with Gasteiger partial charge in [0.05, 0.1) is 54.3 Å². The first kappa shape index (κ1) is 24.5. The maximum Gasteiger partial charge on any atom is 0.355 e. The van der Waals surface area contributed by atoms with Crippen molar-refractivity contribution in [2.45, 2.75) is 5.92 Å². The quantitative estimate of drug-likeness (QED) is 0.520. The number of hydrogen-bond donors (Lipinski definition) is 1. The molecule has 182 valence electrons. The normalized spacial score (nSPS) is 15.5. The highest BCUT2D eigenvalue weighted by Crippen LogP contribution is 2.43. The zero-order chi connectivity index (χ0) is 26.0. The Kier molecular flexibility index (Phi) is 6.76. The third-order valence-corrected chi connectivity index (χ3v) is 5.79. The average Bonchev–Trinajstić information content (AvgIpc) is 3.33. The van der Waals surface area contributed by atoms with Crippen molar-refractivity contribution >= 4 is 29.2 Å². The monoisotopic (exact) mass is 507 g/mol. The second kappa shape index (κ2) is 9.93. The van der Waals surface area contributed by atoms with Crippen LogP contribution in [0.3, 0.4) is 0 Å². The maximum absolute atomic E-state index is 15.2. The smallest absolute Gasteiger partial charge is 0.355 e. The number of halogens is 2. The van der Waals surface area contributed by atoms with Crippen molar-refractivity contribution in [2.24, 2.45) is 5.73 Å². The Morgan fingerprint density at radius 1 is 1.14 bits per heavy atom. The first-order valence-electron chi connectivity index (χ1n) is 10.5. The largest absolute Gasteiger partial charge is 0.466 e. The Morgan fingerprint density at radius 2 is 1.83 bits per heavy atom. The first-order chi connectivity index (χ1) is 17.3. The van der Waals surface area contributed by atoms with E-state index in [4.69, 9.17) is 26.8 Å². The second-order valence-corrected chi connectivity index (χ2v) is 8.01. The maximum atomic E-state index is 15.2. The number of esters is 2. The molecular formula is C25H19ClFN5O4. The van der Waals surface area contributed by atoms with Crippen LogP contribution in [0.5, 0.6) is 0 Å². The average molecular weight is 508 g/mol. The molecule has 0 bridgehead atoms. The number of nitrogens with two attached hydrogens (primary N) is 1. The molecule has 0 aliphatic carbocycles. The Labute approximate surface area is 210 Å². The SMILES string of the molecule is COC(=O)C1=C(C(=O)OC)N(c2ccc(-n3cc(Cl)cn3)c(F)c2)C(N)=C(C#N)C1c1ccccc1. The van der Waals surface area contributed by atoms with Gasteiger partial charge in [-0.05, 0) is 17.7 Å². The Balaban J connectivity index is 1.99. The summed E-state index contributed by atoms with van der Waals surface area (Å²) in [6, 6.07) is 14.5. The van der Waals surface area contributed by atoms with Gasteiger partial charge in [-0.1, -0.05) is 41.9 Å². The van der Waals surface area contributed by atoms with Crippen LogP contribution in [-0.4, -0.2) is 35.9 Å². The summed E-state index contributed by atoms with van der Waals surface area (Å²) in [5, 5.41) is 14.4. The second-order valence-electron chi connectivity index (χ2n) is 7.57. The summed E-state index contributed by atoms with van der Waals surface area (Å²) in [5.41, 5.74) is 6.57. The van der Waals surface area contributed by atoms with Crippen LogP contribution < -0.4 is 10.6 Å². The van der Waals surface area contributed by atoms with E-state index in [-0.39, 0.29) is 34.0 Å². The van der Waals surface area contributed by atoms with Crippen LogP contribution in [0, 0.1) is 17.1 Å². The van der Waals surface area contributed by atoms with Crippen molar-refractivity contribution in [1.82, 2.24) is 9.78 Å². The highest BCUT2D eigenvalue weighted by molar-refractivity contribution is 6.30. The van der Waals surface area contributed by atoms with E-state index >= 15 is 4.39 Å². The Bertz CT molecular complexity index is 1460. The summed E-state index contributed by atoms with van der Waals surface area (Å²) >= 11 is 5.89. The Hall–Kier alpha value is -4.62. The van der Waals surface area contributed by atoms with E-state index in [2.05, 4.69) is 5.10 Å². The summed E-state index contributed by atoms with van der Waals surface area (Å²) in [6.07, 6.45) is 2.77. The van der Waals surface area contributed by atoms with E-state index < -0.39 is 23.7 Å². The number of methoxy groups -OCH3 is 2. The number of carbonyl (C=O) groups is 2. The minimum Gasteiger partial charge on any atom is -0.466 e. The lowest BCUT2D eigenvalue weighted by atomic mass is 9.81. The topological polar surface area (TPSA) is 123 Å². The predicted molar refractivity (Wildman–Crippen MR) is 128 cm³/mol. The van der Waals surface area contributed by atoms with Gasteiger partial charge < -0.3 is 15.2 Å². The molecule has 3 aromatic rings. The van der Waals surface area contributed by atoms with Crippen molar-refractivity contribution in [3.8, 4) is 11.8 Å². The molecule has 11 heteroatoms. The number of aromatic nitrogens is 2. The summed E-state index contributed by atoms with van der Waals surface area (Å²) in [5.74, 6) is -3.73. The summed E-state index contributed by atoms with van der Waals surface area (Å²) in [4.78, 5) is 27.2. The minimum atomic E-state index is -1.02. The lowest BCUT2D eigenvalue weighted by Crippen LogP contribution is -2.40. The summed E-state index contributed by atoms with van der Waals surface area (Å²) in [7, 11) is 2.28. The number of carbonyl (C=O) groups excluding carboxylic acids is 2. The molecule has 36 heavy (non-hydrogen) atoms. The van der Waals surface area contributed by atoms with Crippen molar-refractivity contribution in [3.63, 3.8) is 0 Å². The van der Waals surface area contributed by atoms with Crippen molar-refractivity contribution < 1.29 is 23.5 Å². The standard InChI is InChI=1S/C25H19ClFN5O4/c1-35-24(33)21-20(14-6-4-3-5-7-14)17(11-28)23(29)32(22(21)25(34)36-2)16-8-9-19(18(27)10-16)31-13-15(26)12-30-31/h3-10,12-13,20H,29H2,1-2H3. The molecule has 1 aliphatic heterocycles. The minimum absolute atomic E-state index is 0.0300. The van der Waals surface area contributed by atoms with Crippen LogP contribution in [0.2, 0.25) is 5.02 Å². The van der Waals surface area contributed by atoms with E-state index in [1.54, 1.807) is 30.3 Å². The third kappa shape index (κ3) is 4.16. The molecular weight excluding hydrogens is 489 g/mol. The van der Waals surface area contributed by atoms with Crippen LogP contribution >= 0.6 is 11.6 Å². The fourth-order valence-electron chi connectivity index (χ4n) is 4.03. The van der Waals surface area contributed by atoms with Crippen molar-refractivity contribution in [1.29, 1.82) is 5.26 Å². The molecule has 2 N–H and O–H groups in total. The van der Waals surface area contributed by atoms with E-state index in [1.165, 1.54) is 29.2 Å². The van der Waals surface area contributed by atoms with Crippen LogP contribution in [0.1, 0.15) is 11.5 Å². The highest BCUT2D eigenvalue weighted by Gasteiger charge is 2.43. The fourth-order valence-corrected chi connectivity index (χ4v) is 4.17. The molecule has 1 aromatic heterocycles. The van der Waals surface area contributed by atoms with Gasteiger partial charge in [0.2, 0.25) is 0 Å². The van der Waals surface area contributed by atoms with Gasteiger partial charge in [-0.2, -0.15) is 10.4 Å². The lowest BCUT2D eigenvalue weighted by Gasteiger charge is -2.36. The molecule has 0 radical (unpaired) electrons. The van der Waals surface area contributed by atoms with Gasteiger partial charge in [-0.15, -0.1) is 0 Å². The van der Waals surface area contributed by atoms with E-state index in [0.29, 0.717) is 10.6 Å². The number of allylic oxidation sites excluding steroid dienone is 1. The van der Waals surface area contributed by atoms with Gasteiger partial charge in [0.25, 0.3) is 0 Å². The first-order valence-corrected chi connectivity index (χ1v) is 10.9. The highest BCUT2D eigenvalue weighted by atomic mass is 35.5. The van der Waals surface area contributed by atoms with Gasteiger partial charge in [-0.25, -0.2) is 18.7 Å². The van der Waals surface area contributed by atoms with Gasteiger partial charge in [-0.3, -0.25) is 4.90 Å². The number of hydrogen-bond acceptors (Lipinski definition) is 8. The van der Waals surface area contributed by atoms with Crippen LogP contribution in [0.4, 0.5) is 10.1 Å². The zero-order valence-corrected chi connectivity index (χ0v) is 19.9. The van der Waals surface area contributed by atoms with E-state index in [0.717, 1.165) is 25.2 Å². The number of anilines is 1. The number of benzene rings is 2. The van der Waals surface area contributed by atoms with E-state index in [1.807, 2.05) is 6.07 Å². The molecule has 0 fully saturated rings. The molecule has 0 saturated heterocycles. The van der Waals surface area contributed by atoms with Crippen LogP contribution in [0.25, 0.3) is 5.69 Å². The van der Waals surface area contributed by atoms with Gasteiger partial charge in [0.15, 0.2) is 5.82 Å². The van der Waals surface area contributed by atoms with Crippen LogP contribution in [0.15, 0.2) is 83.6 Å². The molecule has 0 saturated carbocycles. The van der Waals surface area contributed by atoms with Crippen LogP contribution in [-0.2, 0) is 19.1 Å². The molecule has 1 atom stereocenters. The Morgan fingerprint density at radius 3 is 2.39 bits per heavy atom. The summed E-state index contributed by atoms with van der Waals surface area (Å²) < 4.78 is 26.4. The van der Waals surface area contributed by atoms with Crippen molar-refractivity contribution in [3.05, 3.63) is 100.0 Å². The number of nitrogens with zero attached hydrogens (tertiary/aromatic N) is 4. The van der Waals surface area contributed by atoms with Crippen molar-refractivity contribution in [2.75, 3.05) is 19.1 Å². The molecule has 1 aliphatic rings. The molecule has 0 spiro atoms. The number of ether oxygens (including phenoxy) is 2. The lowest BCUT2D eigenvalue weighted by molar-refractivity contribution is -0.139. The van der Waals surface area contributed by atoms with E-state index in [9.17, 15) is 14.9 Å².